The summed E-state index contributed by atoms with van der Waals surface area (Å²) in [6.45, 7) is 1.31. The van der Waals surface area contributed by atoms with Crippen LogP contribution in [0.1, 0.15) is 25.3 Å². The van der Waals surface area contributed by atoms with Gasteiger partial charge in [-0.1, -0.05) is 17.7 Å². The van der Waals surface area contributed by atoms with Crippen LogP contribution in [0.3, 0.4) is 0 Å². The first-order chi connectivity index (χ1) is 18.6. The van der Waals surface area contributed by atoms with Crippen LogP contribution in [0.5, 0.6) is 5.75 Å². The van der Waals surface area contributed by atoms with E-state index in [2.05, 4.69) is 9.91 Å². The maximum Gasteiger partial charge on any atom is 0.342 e. The number of esters is 2. The molecule has 1 saturated carbocycles. The van der Waals surface area contributed by atoms with Gasteiger partial charge >= 0.3 is 11.9 Å². The minimum absolute atomic E-state index is 0.0125. The molecule has 1 atom stereocenters. The van der Waals surface area contributed by atoms with E-state index in [1.54, 1.807) is 18.2 Å². The first-order valence-corrected chi connectivity index (χ1v) is 12.4. The molecule has 1 aromatic heterocycles. The van der Waals surface area contributed by atoms with Crippen molar-refractivity contribution in [1.29, 1.82) is 0 Å². The molecule has 206 valence electrons. The number of hydrogen-bond donors (Lipinski definition) is 1. The van der Waals surface area contributed by atoms with Crippen molar-refractivity contribution in [1.82, 2.24) is 0 Å². The van der Waals surface area contributed by atoms with Crippen LogP contribution in [-0.2, 0) is 29.4 Å². The van der Waals surface area contributed by atoms with Crippen LogP contribution in [0, 0.1) is 10.8 Å². The Hall–Kier alpha value is -3.80. The molecule has 0 aliphatic heterocycles. The summed E-state index contributed by atoms with van der Waals surface area (Å²) in [7, 11) is 2.43. The molecule has 1 aliphatic carbocycles. The Labute approximate surface area is 227 Å². The summed E-state index contributed by atoms with van der Waals surface area (Å²) >= 11 is 6.25. The minimum atomic E-state index is -2.24. The van der Waals surface area contributed by atoms with Gasteiger partial charge in [0.05, 0.1) is 48.8 Å². The highest BCUT2D eigenvalue weighted by Gasteiger charge is 2.38. The van der Waals surface area contributed by atoms with Crippen LogP contribution in [0.25, 0.3) is 22.3 Å². The van der Waals surface area contributed by atoms with E-state index in [9.17, 15) is 24.4 Å². The number of methoxy groups -OCH3 is 2. The standard InChI is InChI=1S/C27H26ClNO10/c1-27(33,26(32)36-3)18-12-22(38-8-7-37-15-9-14(10-15)25(31)35-2)17(11-20(18)29-34)23-13-21(30)16-5-4-6-19(28)24(16)39-23/h4-6,11-15,33H,7-10H2,1-3H3. The molecule has 12 heteroatoms. The summed E-state index contributed by atoms with van der Waals surface area (Å²) in [5.74, 6) is -1.40. The Bertz CT molecular complexity index is 1480. The number of aliphatic hydroxyl groups is 1. The van der Waals surface area contributed by atoms with E-state index < -0.39 is 11.6 Å². The fourth-order valence-corrected chi connectivity index (χ4v) is 4.57. The van der Waals surface area contributed by atoms with Crippen LogP contribution in [0.15, 0.2) is 50.8 Å². The summed E-state index contributed by atoms with van der Waals surface area (Å²) < 4.78 is 27.0. The Balaban J connectivity index is 1.68. The van der Waals surface area contributed by atoms with Gasteiger partial charge in [-0.2, -0.15) is 0 Å². The van der Waals surface area contributed by atoms with Gasteiger partial charge in [-0.15, -0.1) is 4.91 Å². The molecule has 1 unspecified atom stereocenters. The van der Waals surface area contributed by atoms with Gasteiger partial charge in [-0.05, 0) is 49.2 Å². The van der Waals surface area contributed by atoms with Gasteiger partial charge in [-0.3, -0.25) is 9.59 Å². The van der Waals surface area contributed by atoms with Crippen LogP contribution in [0.2, 0.25) is 5.02 Å². The van der Waals surface area contributed by atoms with Crippen molar-refractivity contribution in [3.05, 3.63) is 62.1 Å². The van der Waals surface area contributed by atoms with Gasteiger partial charge < -0.3 is 28.5 Å². The molecule has 0 amide bonds. The molecule has 1 N–H and O–H groups in total. The average Bonchev–Trinajstić information content (AvgIpc) is 2.91. The van der Waals surface area contributed by atoms with Gasteiger partial charge in [0.2, 0.25) is 0 Å². The molecule has 39 heavy (non-hydrogen) atoms. The Morgan fingerprint density at radius 2 is 1.90 bits per heavy atom. The predicted octanol–water partition coefficient (Wildman–Crippen LogP) is 4.24. The molecule has 2 aromatic carbocycles. The van der Waals surface area contributed by atoms with Gasteiger partial charge in [0.25, 0.3) is 0 Å². The van der Waals surface area contributed by atoms with Crippen molar-refractivity contribution in [2.75, 3.05) is 27.4 Å². The van der Waals surface area contributed by atoms with E-state index in [0.717, 1.165) is 14.0 Å². The third-order valence-corrected chi connectivity index (χ3v) is 6.90. The van der Waals surface area contributed by atoms with E-state index in [-0.39, 0.29) is 80.9 Å². The first kappa shape index (κ1) is 28.2. The summed E-state index contributed by atoms with van der Waals surface area (Å²) in [5, 5.41) is 14.3. The number of rotatable bonds is 10. The molecule has 1 heterocycles. The second-order valence-corrected chi connectivity index (χ2v) is 9.55. The topological polar surface area (TPSA) is 151 Å². The Morgan fingerprint density at radius 1 is 1.15 bits per heavy atom. The maximum atomic E-state index is 12.8. The summed E-state index contributed by atoms with van der Waals surface area (Å²) in [5.41, 5.74) is -2.82. The average molecular weight is 560 g/mol. The van der Waals surface area contributed by atoms with Crippen molar-refractivity contribution in [2.45, 2.75) is 31.5 Å². The fourth-order valence-electron chi connectivity index (χ4n) is 4.36. The van der Waals surface area contributed by atoms with Crippen LogP contribution >= 0.6 is 11.6 Å². The number of carbonyl (C=O) groups excluding carboxylic acids is 2. The Morgan fingerprint density at radius 3 is 2.56 bits per heavy atom. The lowest BCUT2D eigenvalue weighted by Gasteiger charge is -2.32. The number of halogens is 1. The van der Waals surface area contributed by atoms with E-state index in [1.807, 2.05) is 0 Å². The number of hydrogen-bond acceptors (Lipinski definition) is 11. The zero-order valence-corrected chi connectivity index (χ0v) is 22.1. The number of para-hydroxylation sites is 1. The molecule has 0 bridgehead atoms. The van der Waals surface area contributed by atoms with Crippen molar-refractivity contribution < 1.29 is 38.1 Å². The number of ether oxygens (including phenoxy) is 4. The van der Waals surface area contributed by atoms with Crippen LogP contribution in [0.4, 0.5) is 5.69 Å². The second-order valence-electron chi connectivity index (χ2n) is 9.14. The Kier molecular flexibility index (Phi) is 8.34. The van der Waals surface area contributed by atoms with E-state index in [0.29, 0.717) is 12.8 Å². The third-order valence-electron chi connectivity index (χ3n) is 6.60. The molecule has 1 aliphatic rings. The molecule has 1 fully saturated rings. The molecule has 3 aromatic rings. The lowest BCUT2D eigenvalue weighted by atomic mass is 9.82. The van der Waals surface area contributed by atoms with Gasteiger partial charge in [-0.25, -0.2) is 4.79 Å². The quantitative estimate of drug-likeness (QED) is 0.217. The molecular weight excluding hydrogens is 534 g/mol. The lowest BCUT2D eigenvalue weighted by Crippen LogP contribution is -2.37. The largest absolute Gasteiger partial charge is 0.490 e. The van der Waals surface area contributed by atoms with Gasteiger partial charge in [0, 0.05) is 11.6 Å². The highest BCUT2D eigenvalue weighted by atomic mass is 35.5. The van der Waals surface area contributed by atoms with Crippen molar-refractivity contribution in [3.63, 3.8) is 0 Å². The number of nitroso groups, excluding NO2 is 1. The SMILES string of the molecule is COC(=O)C1CC(OCCOc2cc(C(C)(O)C(=O)OC)c(N=O)cc2-c2cc(=O)c3cccc(Cl)c3o2)C1. The normalized spacial score (nSPS) is 18.1. The number of nitrogens with zero attached hydrogens (tertiary/aromatic N) is 1. The second kappa shape index (κ2) is 11.5. The van der Waals surface area contributed by atoms with Crippen molar-refractivity contribution in [2.24, 2.45) is 11.1 Å². The zero-order chi connectivity index (χ0) is 28.3. The monoisotopic (exact) mass is 559 g/mol. The van der Waals surface area contributed by atoms with Crippen molar-refractivity contribution >= 4 is 40.2 Å². The molecule has 11 nitrogen and oxygen atoms in total. The first-order valence-electron chi connectivity index (χ1n) is 12.0. The van der Waals surface area contributed by atoms with Crippen LogP contribution < -0.4 is 10.2 Å². The van der Waals surface area contributed by atoms with Crippen LogP contribution in [-0.4, -0.2) is 50.6 Å². The lowest BCUT2D eigenvalue weighted by molar-refractivity contribution is -0.161. The molecule has 0 spiro atoms. The number of benzene rings is 2. The maximum absolute atomic E-state index is 12.8. The number of fused-ring (bicyclic) bond motifs is 1. The highest BCUT2D eigenvalue weighted by molar-refractivity contribution is 6.34. The van der Waals surface area contributed by atoms with E-state index in [4.69, 9.17) is 30.2 Å². The zero-order valence-electron chi connectivity index (χ0n) is 21.4. The van der Waals surface area contributed by atoms with Crippen molar-refractivity contribution in [3.8, 4) is 17.1 Å². The predicted molar refractivity (Wildman–Crippen MR) is 140 cm³/mol. The molecule has 4 rings (SSSR count). The summed E-state index contributed by atoms with van der Waals surface area (Å²) in [6, 6.07) is 8.45. The summed E-state index contributed by atoms with van der Waals surface area (Å²) in [6.07, 6.45) is 0.939. The third kappa shape index (κ3) is 5.65. The summed E-state index contributed by atoms with van der Waals surface area (Å²) in [4.78, 5) is 48.4. The molecular formula is C27H26ClNO10. The highest BCUT2D eigenvalue weighted by Crippen LogP contribution is 2.42. The minimum Gasteiger partial charge on any atom is -0.490 e. The van der Waals surface area contributed by atoms with E-state index >= 15 is 0 Å². The fraction of sp³-hybridized carbons (Fsp3) is 0.370. The molecule has 0 saturated heterocycles. The van der Waals surface area contributed by atoms with Gasteiger partial charge in [0.15, 0.2) is 16.6 Å². The smallest absolute Gasteiger partial charge is 0.342 e. The number of carbonyl (C=O) groups is 2. The van der Waals surface area contributed by atoms with E-state index in [1.165, 1.54) is 25.3 Å². The molecule has 0 radical (unpaired) electrons. The van der Waals surface area contributed by atoms with Gasteiger partial charge in [0.1, 0.15) is 23.8 Å².